The summed E-state index contributed by atoms with van der Waals surface area (Å²) in [6.45, 7) is 27.5. The van der Waals surface area contributed by atoms with Gasteiger partial charge in [0.05, 0.1) is 26.4 Å². The first-order chi connectivity index (χ1) is 33.3. The van der Waals surface area contributed by atoms with Crippen LogP contribution < -0.4 is 9.47 Å². The van der Waals surface area contributed by atoms with Gasteiger partial charge in [0.25, 0.3) is 0 Å². The minimum Gasteiger partial charge on any atom is -0.494 e. The molecule has 14 heteroatoms. The highest BCUT2D eigenvalue weighted by molar-refractivity contribution is 6.85. The Morgan fingerprint density at radius 2 is 0.771 bits per heavy atom. The smallest absolute Gasteiger partial charge is 0.330 e. The van der Waals surface area contributed by atoms with Gasteiger partial charge in [0.15, 0.2) is 44.8 Å². The molecule has 0 aliphatic rings. The summed E-state index contributed by atoms with van der Waals surface area (Å²) < 4.78 is 65.6. The zero-order valence-electron chi connectivity index (χ0n) is 45.3. The van der Waals surface area contributed by atoms with Crippen molar-refractivity contribution in [3.63, 3.8) is 0 Å². The second-order valence-electron chi connectivity index (χ2n) is 21.7. The fourth-order valence-corrected chi connectivity index (χ4v) is 27.2. The summed E-state index contributed by atoms with van der Waals surface area (Å²) in [6, 6.07) is 14.2. The molecule has 0 heterocycles. The van der Waals surface area contributed by atoms with E-state index in [9.17, 15) is 9.59 Å². The summed E-state index contributed by atoms with van der Waals surface area (Å²) >= 11 is 0. The van der Waals surface area contributed by atoms with Gasteiger partial charge in [-0.2, -0.15) is 0 Å². The molecule has 0 bridgehead atoms. The number of benzene rings is 2. The minimum absolute atomic E-state index is 0.0346. The molecule has 0 radical (unpaired) electrons. The van der Waals surface area contributed by atoms with E-state index in [4.69, 9.17) is 27.2 Å². The number of ether oxygens (including phenoxy) is 4. The molecule has 0 unspecified atom stereocenters. The molecule has 70 heavy (non-hydrogen) atoms. The van der Waals surface area contributed by atoms with Crippen LogP contribution in [0.5, 0.6) is 11.5 Å². The summed E-state index contributed by atoms with van der Waals surface area (Å²) in [4.78, 5) is 22.4. The van der Waals surface area contributed by atoms with Crippen LogP contribution in [0.15, 0.2) is 61.7 Å². The molecule has 0 aromatic heterocycles. The second-order valence-corrected chi connectivity index (χ2v) is 39.5. The van der Waals surface area contributed by atoms with Crippen LogP contribution in [0.1, 0.15) is 141 Å². The van der Waals surface area contributed by atoms with Crippen molar-refractivity contribution in [2.75, 3.05) is 26.4 Å². The molecular formula is C56H96F2O8Si4. The maximum atomic E-state index is 15.2. The molecule has 2 aromatic carbocycles. The van der Waals surface area contributed by atoms with Crippen molar-refractivity contribution >= 4 is 45.2 Å². The van der Waals surface area contributed by atoms with Gasteiger partial charge in [-0.1, -0.05) is 141 Å². The van der Waals surface area contributed by atoms with Crippen LogP contribution in [0, 0.1) is 11.6 Å². The summed E-state index contributed by atoms with van der Waals surface area (Å²) in [5.41, 5.74) is 0.815. The zero-order valence-corrected chi connectivity index (χ0v) is 49.3. The Morgan fingerprint density at radius 1 is 0.443 bits per heavy atom. The van der Waals surface area contributed by atoms with Crippen molar-refractivity contribution in [3.8, 4) is 22.6 Å². The number of rotatable bonds is 43. The fourth-order valence-electron chi connectivity index (χ4n) is 9.21. The van der Waals surface area contributed by atoms with Gasteiger partial charge >= 0.3 is 11.9 Å². The first kappa shape index (κ1) is 63.2. The largest absolute Gasteiger partial charge is 0.494 e. The van der Waals surface area contributed by atoms with E-state index in [-0.39, 0.29) is 23.3 Å². The van der Waals surface area contributed by atoms with Gasteiger partial charge in [0.2, 0.25) is 0 Å². The number of halogens is 2. The Morgan fingerprint density at radius 3 is 1.16 bits per heavy atom. The van der Waals surface area contributed by atoms with Gasteiger partial charge < -0.3 is 27.2 Å². The predicted octanol–water partition coefficient (Wildman–Crippen LogP) is 17.3. The fraction of sp³-hybridized carbons (Fsp3) is 0.679. The van der Waals surface area contributed by atoms with Crippen LogP contribution in [-0.2, 0) is 27.3 Å². The molecule has 0 saturated heterocycles. The Balaban J connectivity index is 1.50. The molecule has 0 amide bonds. The highest BCUT2D eigenvalue weighted by Crippen LogP contribution is 2.31. The number of hydrogen-bond donors (Lipinski definition) is 0. The van der Waals surface area contributed by atoms with Crippen molar-refractivity contribution in [2.24, 2.45) is 0 Å². The Hall–Kier alpha value is -2.89. The van der Waals surface area contributed by atoms with Gasteiger partial charge in [-0.05, 0) is 126 Å². The quantitative estimate of drug-likeness (QED) is 0.0281. The Bertz CT molecular complexity index is 1770. The molecule has 0 saturated carbocycles. The van der Waals surface area contributed by atoms with Gasteiger partial charge in [-0.3, -0.25) is 0 Å². The van der Waals surface area contributed by atoms with E-state index >= 15 is 8.78 Å². The minimum atomic E-state index is -1.74. The van der Waals surface area contributed by atoms with E-state index in [0.717, 1.165) is 75.6 Å². The molecule has 0 aliphatic carbocycles. The van der Waals surface area contributed by atoms with Crippen LogP contribution in [-0.4, -0.2) is 71.6 Å². The normalized spacial score (nSPS) is 12.2. The highest BCUT2D eigenvalue weighted by Gasteiger charge is 2.33. The third-order valence-electron chi connectivity index (χ3n) is 12.8. The van der Waals surface area contributed by atoms with E-state index in [1.807, 2.05) is 12.1 Å². The van der Waals surface area contributed by atoms with E-state index in [2.05, 4.69) is 65.5 Å². The van der Waals surface area contributed by atoms with Crippen molar-refractivity contribution < 1.29 is 45.5 Å². The molecule has 0 N–H and O–H groups in total. The number of carbonyl (C=O) groups is 2. The van der Waals surface area contributed by atoms with Crippen molar-refractivity contribution in [2.45, 2.75) is 218 Å². The van der Waals surface area contributed by atoms with Crippen molar-refractivity contribution in [1.29, 1.82) is 0 Å². The molecule has 0 aliphatic heterocycles. The first-order valence-corrected chi connectivity index (χ1v) is 39.6. The van der Waals surface area contributed by atoms with Crippen LogP contribution in [0.25, 0.3) is 11.1 Å². The van der Waals surface area contributed by atoms with Crippen molar-refractivity contribution in [1.82, 2.24) is 0 Å². The van der Waals surface area contributed by atoms with Crippen LogP contribution in [0.3, 0.4) is 0 Å². The third kappa shape index (κ3) is 30.9. The lowest BCUT2D eigenvalue weighted by molar-refractivity contribution is -0.138. The van der Waals surface area contributed by atoms with E-state index in [1.54, 1.807) is 12.1 Å². The molecular weight excluding hydrogens is 951 g/mol. The van der Waals surface area contributed by atoms with Gasteiger partial charge in [0.1, 0.15) is 11.6 Å². The monoisotopic (exact) mass is 1050 g/mol. The number of carbonyl (C=O) groups excluding carboxylic acids is 2. The first-order valence-electron chi connectivity index (χ1n) is 27.1. The summed E-state index contributed by atoms with van der Waals surface area (Å²) in [7, 11) is -6.84. The Labute approximate surface area is 429 Å². The summed E-state index contributed by atoms with van der Waals surface area (Å²) in [5, 5.41) is 0. The highest BCUT2D eigenvalue weighted by atomic mass is 28.4. The molecule has 8 nitrogen and oxygen atoms in total. The second kappa shape index (κ2) is 35.3. The Kier molecular flexibility index (Phi) is 31.9. The number of esters is 2. The lowest BCUT2D eigenvalue weighted by Crippen LogP contribution is -2.44. The van der Waals surface area contributed by atoms with Crippen LogP contribution in [0.4, 0.5) is 8.78 Å². The predicted molar refractivity (Wildman–Crippen MR) is 298 cm³/mol. The molecule has 2 aromatic rings. The topological polar surface area (TPSA) is 89.5 Å². The number of hydrogen-bond acceptors (Lipinski definition) is 8. The van der Waals surface area contributed by atoms with E-state index in [0.29, 0.717) is 32.0 Å². The standard InChI is InChI=1S/C56H96F2O8Si4/c1-11-55(59)63-41-29-33-45-69(7,8)65-67(3,4)43-31-25-21-17-13-15-19-23-27-39-61-50-37-35-49(36-38-50)51-47-53(58)54(48-52(51)57)62-40-28-24-20-16-14-18-22-26-32-44-68(5,6)66-70(9,10)46-34-30-42-64-56(60)12-2/h11-12,35-38,47-48H,1-2,13-34,39-46H2,3-10H3. The molecule has 0 atom stereocenters. The maximum absolute atomic E-state index is 15.2. The van der Waals surface area contributed by atoms with Crippen molar-refractivity contribution in [3.05, 3.63) is 73.3 Å². The average molecular weight is 1050 g/mol. The average Bonchev–Trinajstić information content (AvgIpc) is 3.29. The van der Waals surface area contributed by atoms with Crippen LogP contribution >= 0.6 is 0 Å². The molecule has 398 valence electrons. The zero-order chi connectivity index (χ0) is 51.7. The van der Waals surface area contributed by atoms with Crippen LogP contribution in [0.2, 0.25) is 76.6 Å². The lowest BCUT2D eigenvalue weighted by atomic mass is 10.0. The SMILES string of the molecule is C=CC(=O)OCCCC[Si](C)(C)O[Si](C)(C)CCCCCCCCCCCOc1ccc(-c2cc(F)c(OCCCCCCCCCCC[Si](C)(C)O[Si](C)(C)CCCCOC(=O)C=C)cc2F)cc1. The maximum Gasteiger partial charge on any atom is 0.330 e. The van der Waals surface area contributed by atoms with Gasteiger partial charge in [-0.15, -0.1) is 0 Å². The van der Waals surface area contributed by atoms with E-state index < -0.39 is 44.9 Å². The summed E-state index contributed by atoms with van der Waals surface area (Å²) in [6.07, 6.45) is 27.5. The van der Waals surface area contributed by atoms with Gasteiger partial charge in [0, 0.05) is 23.8 Å². The molecule has 2 rings (SSSR count). The third-order valence-corrected chi connectivity index (χ3v) is 27.9. The molecule has 0 spiro atoms. The van der Waals surface area contributed by atoms with E-state index in [1.165, 1.54) is 120 Å². The number of unbranched alkanes of at least 4 members (excludes halogenated alkanes) is 18. The summed E-state index contributed by atoms with van der Waals surface area (Å²) in [5.74, 6) is -1.06. The molecule has 0 fully saturated rings. The lowest BCUT2D eigenvalue weighted by Gasteiger charge is -2.34. The van der Waals surface area contributed by atoms with Gasteiger partial charge in [-0.25, -0.2) is 18.4 Å².